The lowest BCUT2D eigenvalue weighted by Gasteiger charge is -2.65. The lowest BCUT2D eigenvalue weighted by atomic mass is 9.43. The summed E-state index contributed by atoms with van der Waals surface area (Å²) in [5, 5.41) is 10.6. The predicted molar refractivity (Wildman–Crippen MR) is 129 cm³/mol. The predicted octanol–water partition coefficient (Wildman–Crippen LogP) is 6.82. The maximum atomic E-state index is 10.6. The van der Waals surface area contributed by atoms with E-state index in [0.717, 1.165) is 74.4 Å². The van der Waals surface area contributed by atoms with Crippen molar-refractivity contribution in [1.29, 1.82) is 0 Å². The molecule has 3 heteroatoms. The minimum Gasteiger partial charge on any atom is -0.393 e. The summed E-state index contributed by atoms with van der Waals surface area (Å²) in [7, 11) is 0. The van der Waals surface area contributed by atoms with E-state index in [-0.39, 0.29) is 11.5 Å². The van der Waals surface area contributed by atoms with Crippen LogP contribution in [0, 0.1) is 52.3 Å². The van der Waals surface area contributed by atoms with Gasteiger partial charge in [-0.05, 0) is 91.3 Å². The molecule has 4 saturated carbocycles. The van der Waals surface area contributed by atoms with Gasteiger partial charge in [0.25, 0.3) is 0 Å². The van der Waals surface area contributed by atoms with Crippen molar-refractivity contribution >= 4 is 0 Å². The lowest BCUT2D eigenvalue weighted by molar-refractivity contribution is -0.298. The Labute approximate surface area is 197 Å². The van der Waals surface area contributed by atoms with Crippen LogP contribution in [-0.2, 0) is 9.47 Å². The van der Waals surface area contributed by atoms with Crippen molar-refractivity contribution in [1.82, 2.24) is 0 Å². The van der Waals surface area contributed by atoms with Crippen molar-refractivity contribution in [2.75, 3.05) is 13.2 Å². The molecule has 3 nitrogen and oxygen atoms in total. The van der Waals surface area contributed by atoms with Crippen LogP contribution in [0.1, 0.15) is 105 Å². The van der Waals surface area contributed by atoms with Crippen LogP contribution in [0.2, 0.25) is 0 Å². The van der Waals surface area contributed by atoms with Gasteiger partial charge in [-0.15, -0.1) is 0 Å². The van der Waals surface area contributed by atoms with Crippen LogP contribution < -0.4 is 0 Å². The molecule has 5 aliphatic rings. The smallest absolute Gasteiger partial charge is 0.172 e. The highest BCUT2D eigenvalue weighted by atomic mass is 16.7. The Hall–Kier alpha value is -0.120. The largest absolute Gasteiger partial charge is 0.393 e. The van der Waals surface area contributed by atoms with E-state index in [1.165, 1.54) is 44.9 Å². The molecule has 0 aromatic carbocycles. The van der Waals surface area contributed by atoms with Gasteiger partial charge < -0.3 is 14.6 Å². The summed E-state index contributed by atoms with van der Waals surface area (Å²) in [6.45, 7) is 14.0. The molecule has 1 saturated heterocycles. The molecule has 0 aromatic heterocycles. The van der Waals surface area contributed by atoms with E-state index in [2.05, 4.69) is 34.6 Å². The molecule has 0 radical (unpaired) electrons. The summed E-state index contributed by atoms with van der Waals surface area (Å²) < 4.78 is 13.0. The van der Waals surface area contributed by atoms with E-state index in [0.29, 0.717) is 11.3 Å². The van der Waals surface area contributed by atoms with Gasteiger partial charge in [0.15, 0.2) is 5.79 Å². The Balaban J connectivity index is 1.39. The van der Waals surface area contributed by atoms with Crippen LogP contribution in [0.4, 0.5) is 0 Å². The minimum atomic E-state index is -0.420. The summed E-state index contributed by atoms with van der Waals surface area (Å²) >= 11 is 0. The second kappa shape index (κ2) is 8.52. The number of hydrogen-bond acceptors (Lipinski definition) is 3. The second-order valence-corrected chi connectivity index (χ2v) is 13.6. The van der Waals surface area contributed by atoms with E-state index in [1.807, 2.05) is 0 Å². The van der Waals surface area contributed by atoms with E-state index in [9.17, 15) is 5.11 Å². The number of aliphatic hydroxyl groups is 1. The number of ether oxygens (including phenoxy) is 2. The van der Waals surface area contributed by atoms with Crippen molar-refractivity contribution in [3.8, 4) is 0 Å². The van der Waals surface area contributed by atoms with Gasteiger partial charge in [-0.25, -0.2) is 0 Å². The van der Waals surface area contributed by atoms with Gasteiger partial charge in [-0.1, -0.05) is 53.9 Å². The molecule has 0 amide bonds. The highest BCUT2D eigenvalue weighted by molar-refractivity contribution is 5.14. The topological polar surface area (TPSA) is 38.7 Å². The van der Waals surface area contributed by atoms with E-state index in [1.54, 1.807) is 0 Å². The Morgan fingerprint density at radius 1 is 0.875 bits per heavy atom. The van der Waals surface area contributed by atoms with E-state index in [4.69, 9.17) is 9.47 Å². The summed E-state index contributed by atoms with van der Waals surface area (Å²) in [4.78, 5) is 0. The molecule has 1 aliphatic heterocycles. The highest BCUT2D eigenvalue weighted by Gasteiger charge is 2.67. The van der Waals surface area contributed by atoms with Gasteiger partial charge in [0, 0.05) is 12.3 Å². The summed E-state index contributed by atoms with van der Waals surface area (Å²) in [6, 6.07) is 0. The van der Waals surface area contributed by atoms with Gasteiger partial charge in [-0.3, -0.25) is 0 Å². The molecule has 184 valence electrons. The average molecular weight is 447 g/mol. The lowest BCUT2D eigenvalue weighted by Crippen LogP contribution is -2.63. The summed E-state index contributed by atoms with van der Waals surface area (Å²) in [6.07, 6.45) is 13.7. The van der Waals surface area contributed by atoms with E-state index >= 15 is 0 Å². The number of hydrogen-bond donors (Lipinski definition) is 1. The maximum absolute atomic E-state index is 10.6. The van der Waals surface area contributed by atoms with Crippen molar-refractivity contribution in [2.24, 2.45) is 52.3 Å². The quantitative estimate of drug-likeness (QED) is 0.503. The standard InChI is InChI=1S/C29H50O3/c1-19(2)7-6-8-20(3)23-9-10-24-22-18-29(31-15-16-32-29)26-17-21(30)11-13-28(26,5)25(22)12-14-27(23,24)4/h19-26,30H,6-18H2,1-5H3/t20-,21-,22-,23+,24-,25-,26-,27+,28+/m0/s1. The molecule has 9 atom stereocenters. The molecule has 1 spiro atoms. The second-order valence-electron chi connectivity index (χ2n) is 13.6. The maximum Gasteiger partial charge on any atom is 0.172 e. The van der Waals surface area contributed by atoms with Crippen molar-refractivity contribution < 1.29 is 14.6 Å². The molecule has 1 N–H and O–H groups in total. The van der Waals surface area contributed by atoms with Crippen LogP contribution in [0.5, 0.6) is 0 Å². The summed E-state index contributed by atoms with van der Waals surface area (Å²) in [5.41, 5.74) is 0.754. The fourth-order valence-electron chi connectivity index (χ4n) is 10.1. The molecule has 5 rings (SSSR count). The van der Waals surface area contributed by atoms with Crippen LogP contribution >= 0.6 is 0 Å². The Kier molecular flexibility index (Phi) is 6.29. The van der Waals surface area contributed by atoms with E-state index < -0.39 is 5.79 Å². The molecular formula is C29H50O3. The molecular weight excluding hydrogens is 396 g/mol. The van der Waals surface area contributed by atoms with Crippen molar-refractivity contribution in [3.05, 3.63) is 0 Å². The van der Waals surface area contributed by atoms with Crippen LogP contribution in [0.3, 0.4) is 0 Å². The number of rotatable bonds is 5. The zero-order valence-corrected chi connectivity index (χ0v) is 21.6. The average Bonchev–Trinajstić information content (AvgIpc) is 3.34. The van der Waals surface area contributed by atoms with Gasteiger partial charge in [-0.2, -0.15) is 0 Å². The molecule has 4 aliphatic carbocycles. The molecule has 5 fully saturated rings. The normalized spacial score (nSPS) is 48.5. The molecule has 32 heavy (non-hydrogen) atoms. The number of aliphatic hydroxyl groups excluding tert-OH is 1. The Bertz CT molecular complexity index is 669. The van der Waals surface area contributed by atoms with Crippen molar-refractivity contribution in [3.63, 3.8) is 0 Å². The molecule has 0 bridgehead atoms. The zero-order valence-electron chi connectivity index (χ0n) is 21.6. The first kappa shape index (κ1) is 23.6. The van der Waals surface area contributed by atoms with Gasteiger partial charge in [0.2, 0.25) is 0 Å². The van der Waals surface area contributed by atoms with Crippen molar-refractivity contribution in [2.45, 2.75) is 117 Å². The highest BCUT2D eigenvalue weighted by Crippen LogP contribution is 2.70. The third kappa shape index (κ3) is 3.63. The van der Waals surface area contributed by atoms with Crippen LogP contribution in [-0.4, -0.2) is 30.2 Å². The zero-order chi connectivity index (χ0) is 22.7. The van der Waals surface area contributed by atoms with Gasteiger partial charge in [0.1, 0.15) is 0 Å². The first-order chi connectivity index (χ1) is 15.2. The van der Waals surface area contributed by atoms with Gasteiger partial charge >= 0.3 is 0 Å². The third-order valence-corrected chi connectivity index (χ3v) is 11.6. The Morgan fingerprint density at radius 3 is 2.28 bits per heavy atom. The fourth-order valence-corrected chi connectivity index (χ4v) is 10.1. The molecule has 0 aromatic rings. The monoisotopic (exact) mass is 446 g/mol. The first-order valence-corrected chi connectivity index (χ1v) is 14.2. The molecule has 0 unspecified atom stereocenters. The third-order valence-electron chi connectivity index (χ3n) is 11.6. The fraction of sp³-hybridized carbons (Fsp3) is 1.00. The van der Waals surface area contributed by atoms with Crippen LogP contribution in [0.15, 0.2) is 0 Å². The van der Waals surface area contributed by atoms with Crippen LogP contribution in [0.25, 0.3) is 0 Å². The summed E-state index contributed by atoms with van der Waals surface area (Å²) in [5.74, 6) is 4.86. The van der Waals surface area contributed by atoms with Gasteiger partial charge in [0.05, 0.1) is 19.3 Å². The minimum absolute atomic E-state index is 0.175. The SMILES string of the molecule is CC(C)CCC[C@H](C)[C@H]1CC[C@H]2[C@@H]3CC4(OCCO4)[C@H]4C[C@@H](O)CC[C@]4(C)[C@H]3CC[C@]12C. The molecule has 1 heterocycles. The first-order valence-electron chi connectivity index (χ1n) is 14.2. The number of fused-ring (bicyclic) bond motifs is 6. The Morgan fingerprint density at radius 2 is 1.56 bits per heavy atom.